The van der Waals surface area contributed by atoms with Crippen LogP contribution < -0.4 is 11.1 Å². The van der Waals surface area contributed by atoms with Gasteiger partial charge in [0, 0.05) is 13.2 Å². The second kappa shape index (κ2) is 4.34. The maximum Gasteiger partial charge on any atom is 0.0826 e. The van der Waals surface area contributed by atoms with Gasteiger partial charge >= 0.3 is 0 Å². The van der Waals surface area contributed by atoms with E-state index in [1.807, 2.05) is 25.1 Å². The summed E-state index contributed by atoms with van der Waals surface area (Å²) < 4.78 is 5.73. The van der Waals surface area contributed by atoms with Crippen molar-refractivity contribution < 1.29 is 4.74 Å². The molecule has 16 heavy (non-hydrogen) atoms. The van der Waals surface area contributed by atoms with E-state index in [1.165, 1.54) is 0 Å². The molecule has 0 bridgehead atoms. The molecule has 1 unspecified atom stereocenters. The van der Waals surface area contributed by atoms with Crippen LogP contribution in [-0.4, -0.2) is 18.8 Å². The lowest BCUT2D eigenvalue weighted by Gasteiger charge is -2.24. The molecule has 0 spiro atoms. The Labute approximate surface area is 97.0 Å². The van der Waals surface area contributed by atoms with Gasteiger partial charge in [-0.1, -0.05) is 12.1 Å². The molecule has 2 rings (SSSR count). The minimum Gasteiger partial charge on any atom is -0.397 e. The molecule has 1 saturated heterocycles. The van der Waals surface area contributed by atoms with Crippen LogP contribution in [0.3, 0.4) is 0 Å². The second-order valence-corrected chi connectivity index (χ2v) is 4.79. The monoisotopic (exact) mass is 220 g/mol. The highest BCUT2D eigenvalue weighted by molar-refractivity contribution is 5.69. The van der Waals surface area contributed by atoms with Crippen LogP contribution in [0.2, 0.25) is 0 Å². The molecule has 3 nitrogen and oxygen atoms in total. The predicted octanol–water partition coefficient (Wildman–Crippen LogP) is 2.56. The van der Waals surface area contributed by atoms with E-state index in [4.69, 9.17) is 10.5 Å². The van der Waals surface area contributed by atoms with E-state index in [0.29, 0.717) is 0 Å². The van der Waals surface area contributed by atoms with Crippen molar-refractivity contribution in [2.24, 2.45) is 0 Å². The number of hydrogen-bond acceptors (Lipinski definition) is 3. The van der Waals surface area contributed by atoms with Gasteiger partial charge in [-0.3, -0.25) is 0 Å². The fourth-order valence-electron chi connectivity index (χ4n) is 2.09. The van der Waals surface area contributed by atoms with Crippen molar-refractivity contribution in [3.63, 3.8) is 0 Å². The van der Waals surface area contributed by atoms with Gasteiger partial charge in [0.05, 0.1) is 17.0 Å². The number of hydrogen-bond donors (Lipinski definition) is 2. The first-order valence-corrected chi connectivity index (χ1v) is 5.84. The van der Waals surface area contributed by atoms with E-state index in [9.17, 15) is 0 Å². The summed E-state index contributed by atoms with van der Waals surface area (Å²) in [6, 6.07) is 6.06. The first-order chi connectivity index (χ1) is 7.61. The smallest absolute Gasteiger partial charge is 0.0826 e. The zero-order valence-electron chi connectivity index (χ0n) is 10.0. The van der Waals surface area contributed by atoms with Crippen LogP contribution in [0.15, 0.2) is 18.2 Å². The normalized spacial score (nSPS) is 24.6. The van der Waals surface area contributed by atoms with Crippen LogP contribution in [0.4, 0.5) is 11.4 Å². The van der Waals surface area contributed by atoms with Gasteiger partial charge < -0.3 is 15.8 Å². The Bertz CT molecular complexity index is 370. The number of benzene rings is 1. The maximum atomic E-state index is 6.01. The lowest BCUT2D eigenvalue weighted by molar-refractivity contribution is 0.0315. The van der Waals surface area contributed by atoms with Crippen LogP contribution >= 0.6 is 0 Å². The highest BCUT2D eigenvalue weighted by Gasteiger charge is 2.29. The SMILES string of the molecule is Cc1cccc(NCC2(C)CCCO2)c1N. The molecule has 1 heterocycles. The molecule has 1 fully saturated rings. The van der Waals surface area contributed by atoms with Gasteiger partial charge in [0.25, 0.3) is 0 Å². The van der Waals surface area contributed by atoms with Gasteiger partial charge in [-0.2, -0.15) is 0 Å². The number of ether oxygens (including phenoxy) is 1. The average Bonchev–Trinajstić information content (AvgIpc) is 2.68. The number of nitrogens with one attached hydrogen (secondary N) is 1. The zero-order chi connectivity index (χ0) is 11.6. The molecular weight excluding hydrogens is 200 g/mol. The van der Waals surface area contributed by atoms with Gasteiger partial charge in [0.1, 0.15) is 0 Å². The molecule has 0 aliphatic carbocycles. The number of nitrogens with two attached hydrogens (primary N) is 1. The summed E-state index contributed by atoms with van der Waals surface area (Å²) in [6.07, 6.45) is 2.27. The van der Waals surface area contributed by atoms with Crippen LogP contribution in [-0.2, 0) is 4.74 Å². The maximum absolute atomic E-state index is 6.01. The molecule has 1 aromatic carbocycles. The van der Waals surface area contributed by atoms with E-state index in [-0.39, 0.29) is 5.60 Å². The Kier molecular flexibility index (Phi) is 3.06. The summed E-state index contributed by atoms with van der Waals surface area (Å²) in [5.74, 6) is 0. The quantitative estimate of drug-likeness (QED) is 0.770. The largest absolute Gasteiger partial charge is 0.397 e. The van der Waals surface area contributed by atoms with Gasteiger partial charge in [-0.25, -0.2) is 0 Å². The number of nitrogen functional groups attached to an aromatic ring is 1. The van der Waals surface area contributed by atoms with Gasteiger partial charge in [-0.15, -0.1) is 0 Å². The number of para-hydroxylation sites is 1. The molecule has 1 aromatic rings. The Balaban J connectivity index is 2.02. The van der Waals surface area contributed by atoms with Crippen molar-refractivity contribution in [1.82, 2.24) is 0 Å². The topological polar surface area (TPSA) is 47.3 Å². The molecule has 3 N–H and O–H groups in total. The van der Waals surface area contributed by atoms with Crippen LogP contribution in [0.1, 0.15) is 25.3 Å². The minimum atomic E-state index is -0.0316. The second-order valence-electron chi connectivity index (χ2n) is 4.79. The molecule has 1 atom stereocenters. The third-order valence-corrected chi connectivity index (χ3v) is 3.28. The summed E-state index contributed by atoms with van der Waals surface area (Å²) >= 11 is 0. The van der Waals surface area contributed by atoms with E-state index >= 15 is 0 Å². The van der Waals surface area contributed by atoms with Crippen molar-refractivity contribution in [2.45, 2.75) is 32.3 Å². The molecule has 0 amide bonds. The van der Waals surface area contributed by atoms with Crippen molar-refractivity contribution in [3.05, 3.63) is 23.8 Å². The van der Waals surface area contributed by atoms with Crippen molar-refractivity contribution in [2.75, 3.05) is 24.2 Å². The number of aryl methyl sites for hydroxylation is 1. The van der Waals surface area contributed by atoms with Crippen molar-refractivity contribution in [1.29, 1.82) is 0 Å². The van der Waals surface area contributed by atoms with E-state index in [2.05, 4.69) is 12.2 Å². The fraction of sp³-hybridized carbons (Fsp3) is 0.538. The fourth-order valence-corrected chi connectivity index (χ4v) is 2.09. The van der Waals surface area contributed by atoms with Gasteiger partial charge in [0.2, 0.25) is 0 Å². The first-order valence-electron chi connectivity index (χ1n) is 5.84. The molecule has 1 aliphatic heterocycles. The lowest BCUT2D eigenvalue weighted by Crippen LogP contribution is -2.32. The van der Waals surface area contributed by atoms with Gasteiger partial charge in [0.15, 0.2) is 0 Å². The highest BCUT2D eigenvalue weighted by atomic mass is 16.5. The summed E-state index contributed by atoms with van der Waals surface area (Å²) in [5, 5.41) is 3.39. The molecule has 1 aliphatic rings. The van der Waals surface area contributed by atoms with Crippen LogP contribution in [0, 0.1) is 6.92 Å². The zero-order valence-corrected chi connectivity index (χ0v) is 10.0. The Hall–Kier alpha value is -1.22. The molecule has 0 saturated carbocycles. The van der Waals surface area contributed by atoms with E-state index in [1.54, 1.807) is 0 Å². The van der Waals surface area contributed by atoms with Crippen LogP contribution in [0.5, 0.6) is 0 Å². The van der Waals surface area contributed by atoms with Gasteiger partial charge in [-0.05, 0) is 38.3 Å². The number of anilines is 2. The summed E-state index contributed by atoms with van der Waals surface area (Å²) in [4.78, 5) is 0. The molecule has 3 heteroatoms. The van der Waals surface area contributed by atoms with Crippen molar-refractivity contribution in [3.8, 4) is 0 Å². The molecule has 88 valence electrons. The molecule has 0 aromatic heterocycles. The standard InChI is InChI=1S/C13H20N2O/c1-10-5-3-6-11(12(10)14)15-9-13(2)7-4-8-16-13/h3,5-6,15H,4,7-9,14H2,1-2H3. The summed E-state index contributed by atoms with van der Waals surface area (Å²) in [5.41, 5.74) is 8.94. The Morgan fingerprint density at radius 1 is 1.50 bits per heavy atom. The number of rotatable bonds is 3. The Morgan fingerprint density at radius 2 is 2.31 bits per heavy atom. The predicted molar refractivity (Wildman–Crippen MR) is 67.7 cm³/mol. The van der Waals surface area contributed by atoms with E-state index in [0.717, 1.165) is 42.9 Å². The summed E-state index contributed by atoms with van der Waals surface area (Å²) in [7, 11) is 0. The molecule has 0 radical (unpaired) electrons. The average molecular weight is 220 g/mol. The lowest BCUT2D eigenvalue weighted by atomic mass is 10.0. The van der Waals surface area contributed by atoms with Crippen molar-refractivity contribution >= 4 is 11.4 Å². The third kappa shape index (κ3) is 2.30. The third-order valence-electron chi connectivity index (χ3n) is 3.28. The van der Waals surface area contributed by atoms with E-state index < -0.39 is 0 Å². The van der Waals surface area contributed by atoms with Crippen LogP contribution in [0.25, 0.3) is 0 Å². The highest BCUT2D eigenvalue weighted by Crippen LogP contribution is 2.27. The Morgan fingerprint density at radius 3 is 3.00 bits per heavy atom. The first kappa shape index (κ1) is 11.3. The summed E-state index contributed by atoms with van der Waals surface area (Å²) in [6.45, 7) is 5.87. The molecular formula is C13H20N2O. The minimum absolute atomic E-state index is 0.0316.